The van der Waals surface area contributed by atoms with Crippen molar-refractivity contribution in [2.75, 3.05) is 19.6 Å². The third-order valence-corrected chi connectivity index (χ3v) is 2.90. The second kappa shape index (κ2) is 5.32. The topological polar surface area (TPSA) is 24.0 Å². The molecule has 1 unspecified atom stereocenters. The van der Waals surface area contributed by atoms with E-state index >= 15 is 0 Å². The summed E-state index contributed by atoms with van der Waals surface area (Å²) in [6.07, 6.45) is 3.90. The van der Waals surface area contributed by atoms with Crippen molar-refractivity contribution in [2.45, 2.75) is 26.8 Å². The van der Waals surface area contributed by atoms with Crippen LogP contribution in [0.2, 0.25) is 0 Å². The number of nitrogens with one attached hydrogen (secondary N) is 1. The Morgan fingerprint density at radius 1 is 1.50 bits per heavy atom. The summed E-state index contributed by atoms with van der Waals surface area (Å²) in [7, 11) is 0. The van der Waals surface area contributed by atoms with Gasteiger partial charge in [-0.3, -0.25) is 0 Å². The Morgan fingerprint density at radius 3 is 2.57 bits per heavy atom. The first kappa shape index (κ1) is 11.5. The van der Waals surface area contributed by atoms with Gasteiger partial charge in [0.25, 0.3) is 0 Å². The molecule has 14 heavy (non-hydrogen) atoms. The maximum absolute atomic E-state index is 5.18. The fraction of sp³-hybridized carbons (Fsp3) is 0.700. The highest BCUT2D eigenvalue weighted by molar-refractivity contribution is 7.71. The highest BCUT2D eigenvalue weighted by atomic mass is 32.1. The zero-order valence-electron chi connectivity index (χ0n) is 9.16. The lowest BCUT2D eigenvalue weighted by molar-refractivity contribution is 0.260. The number of likely N-dealkylation sites (N-methyl/N-ethyl adjacent to an activating group) is 1. The van der Waals surface area contributed by atoms with Crippen molar-refractivity contribution in [3.8, 4) is 0 Å². The Labute approximate surface area is 90.7 Å². The Balaban J connectivity index is 2.62. The molecule has 0 saturated carbocycles. The summed E-state index contributed by atoms with van der Waals surface area (Å²) < 4.78 is 2.91. The van der Waals surface area contributed by atoms with Crippen LogP contribution >= 0.6 is 12.2 Å². The van der Waals surface area contributed by atoms with E-state index < -0.39 is 0 Å². The predicted molar refractivity (Wildman–Crippen MR) is 62.1 cm³/mol. The van der Waals surface area contributed by atoms with Gasteiger partial charge in [0.05, 0.1) is 0 Å². The molecule has 0 aliphatic heterocycles. The standard InChI is InChI=1S/C10H19N3S/c1-4-12(5-2)8-9(3)13-7-6-11-10(13)14/h6-7,9H,4-5,8H2,1-3H3,(H,11,14). The van der Waals surface area contributed by atoms with Crippen molar-refractivity contribution in [1.29, 1.82) is 0 Å². The number of aromatic nitrogens is 2. The summed E-state index contributed by atoms with van der Waals surface area (Å²) in [5.41, 5.74) is 0. The fourth-order valence-corrected chi connectivity index (χ4v) is 1.93. The Bertz CT molecular complexity index is 311. The van der Waals surface area contributed by atoms with Crippen LogP contribution in [-0.2, 0) is 0 Å². The third-order valence-electron chi connectivity index (χ3n) is 2.57. The van der Waals surface area contributed by atoms with Gasteiger partial charge < -0.3 is 14.5 Å². The minimum atomic E-state index is 0.439. The molecule has 1 N–H and O–H groups in total. The first-order valence-electron chi connectivity index (χ1n) is 5.16. The fourth-order valence-electron chi connectivity index (χ4n) is 1.62. The molecule has 0 radical (unpaired) electrons. The monoisotopic (exact) mass is 213 g/mol. The largest absolute Gasteiger partial charge is 0.337 e. The van der Waals surface area contributed by atoms with E-state index in [9.17, 15) is 0 Å². The van der Waals surface area contributed by atoms with Crippen LogP contribution in [0.15, 0.2) is 12.4 Å². The lowest BCUT2D eigenvalue weighted by Gasteiger charge is -2.23. The molecule has 0 aliphatic rings. The minimum Gasteiger partial charge on any atom is -0.337 e. The third kappa shape index (κ3) is 2.69. The summed E-state index contributed by atoms with van der Waals surface area (Å²) in [6, 6.07) is 0.439. The number of H-pyrrole nitrogens is 1. The van der Waals surface area contributed by atoms with Gasteiger partial charge in [0.2, 0.25) is 0 Å². The maximum atomic E-state index is 5.18. The number of imidazole rings is 1. The van der Waals surface area contributed by atoms with Crippen molar-refractivity contribution in [2.24, 2.45) is 0 Å². The predicted octanol–water partition coefficient (Wildman–Crippen LogP) is 2.45. The van der Waals surface area contributed by atoms with E-state index in [1.54, 1.807) is 0 Å². The minimum absolute atomic E-state index is 0.439. The van der Waals surface area contributed by atoms with Crippen molar-refractivity contribution >= 4 is 12.2 Å². The van der Waals surface area contributed by atoms with Crippen LogP contribution in [0.5, 0.6) is 0 Å². The number of hydrogen-bond donors (Lipinski definition) is 1. The molecule has 1 rings (SSSR count). The van der Waals surface area contributed by atoms with Crippen molar-refractivity contribution in [3.63, 3.8) is 0 Å². The number of nitrogens with zero attached hydrogens (tertiary/aromatic N) is 2. The summed E-state index contributed by atoms with van der Waals surface area (Å²) in [6.45, 7) is 9.82. The van der Waals surface area contributed by atoms with E-state index in [4.69, 9.17) is 12.2 Å². The van der Waals surface area contributed by atoms with E-state index in [2.05, 4.69) is 35.2 Å². The van der Waals surface area contributed by atoms with Crippen LogP contribution in [0.3, 0.4) is 0 Å². The molecule has 0 amide bonds. The van der Waals surface area contributed by atoms with Crippen LogP contribution in [0.25, 0.3) is 0 Å². The summed E-state index contributed by atoms with van der Waals surface area (Å²) in [5, 5.41) is 0. The SMILES string of the molecule is CCN(CC)CC(C)n1cc[nH]c1=S. The van der Waals surface area contributed by atoms with Crippen molar-refractivity contribution in [3.05, 3.63) is 17.2 Å². The molecule has 0 bridgehead atoms. The van der Waals surface area contributed by atoms with Gasteiger partial charge in [-0.2, -0.15) is 0 Å². The molecule has 0 saturated heterocycles. The zero-order chi connectivity index (χ0) is 10.6. The molecule has 3 nitrogen and oxygen atoms in total. The Kier molecular flexibility index (Phi) is 4.35. The van der Waals surface area contributed by atoms with Crippen LogP contribution in [0.1, 0.15) is 26.8 Å². The molecular weight excluding hydrogens is 194 g/mol. The van der Waals surface area contributed by atoms with Crippen molar-refractivity contribution < 1.29 is 0 Å². The molecule has 1 atom stereocenters. The molecule has 0 aliphatic carbocycles. The molecule has 1 aromatic rings. The van der Waals surface area contributed by atoms with Gasteiger partial charge in [-0.25, -0.2) is 0 Å². The first-order chi connectivity index (χ1) is 6.69. The average Bonchev–Trinajstić information content (AvgIpc) is 2.60. The number of hydrogen-bond acceptors (Lipinski definition) is 2. The van der Waals surface area contributed by atoms with Crippen molar-refractivity contribution in [1.82, 2.24) is 14.5 Å². The van der Waals surface area contributed by atoms with Crippen LogP contribution in [-0.4, -0.2) is 34.1 Å². The van der Waals surface area contributed by atoms with Gasteiger partial charge in [-0.05, 0) is 32.2 Å². The lowest BCUT2D eigenvalue weighted by Crippen LogP contribution is -2.29. The first-order valence-corrected chi connectivity index (χ1v) is 5.57. The van der Waals surface area contributed by atoms with Gasteiger partial charge in [0.1, 0.15) is 0 Å². The summed E-state index contributed by atoms with van der Waals surface area (Å²) >= 11 is 5.18. The molecule has 4 heteroatoms. The molecule has 0 spiro atoms. The van der Waals surface area contributed by atoms with Gasteiger partial charge in [-0.15, -0.1) is 0 Å². The van der Waals surface area contributed by atoms with E-state index in [1.807, 2.05) is 12.4 Å². The quantitative estimate of drug-likeness (QED) is 0.760. The van der Waals surface area contributed by atoms with E-state index in [-0.39, 0.29) is 0 Å². The Morgan fingerprint density at radius 2 is 2.14 bits per heavy atom. The molecule has 0 aromatic carbocycles. The zero-order valence-corrected chi connectivity index (χ0v) is 9.97. The highest BCUT2D eigenvalue weighted by Crippen LogP contribution is 2.08. The normalized spacial score (nSPS) is 13.4. The van der Waals surface area contributed by atoms with E-state index in [0.29, 0.717) is 6.04 Å². The van der Waals surface area contributed by atoms with Gasteiger partial charge in [0.15, 0.2) is 4.77 Å². The van der Waals surface area contributed by atoms with Gasteiger partial charge >= 0.3 is 0 Å². The van der Waals surface area contributed by atoms with Crippen LogP contribution in [0, 0.1) is 4.77 Å². The van der Waals surface area contributed by atoms with E-state index in [1.165, 1.54) is 0 Å². The molecule has 0 fully saturated rings. The average molecular weight is 213 g/mol. The molecular formula is C10H19N3S. The smallest absolute Gasteiger partial charge is 0.177 e. The van der Waals surface area contributed by atoms with Gasteiger partial charge in [0, 0.05) is 25.0 Å². The molecule has 1 heterocycles. The van der Waals surface area contributed by atoms with E-state index in [0.717, 1.165) is 24.4 Å². The number of aromatic amines is 1. The second-order valence-corrected chi connectivity index (χ2v) is 3.89. The molecule has 1 aromatic heterocycles. The molecule has 80 valence electrons. The lowest BCUT2D eigenvalue weighted by atomic mass is 10.3. The second-order valence-electron chi connectivity index (χ2n) is 3.51. The van der Waals surface area contributed by atoms with Gasteiger partial charge in [-0.1, -0.05) is 13.8 Å². The van der Waals surface area contributed by atoms with Crippen LogP contribution in [0.4, 0.5) is 0 Å². The summed E-state index contributed by atoms with van der Waals surface area (Å²) in [5.74, 6) is 0. The Hall–Kier alpha value is -0.610. The van der Waals surface area contributed by atoms with Crippen LogP contribution < -0.4 is 0 Å². The maximum Gasteiger partial charge on any atom is 0.177 e. The number of rotatable bonds is 5. The highest BCUT2D eigenvalue weighted by Gasteiger charge is 2.08. The summed E-state index contributed by atoms with van der Waals surface area (Å²) in [4.78, 5) is 5.42.